The van der Waals surface area contributed by atoms with Crippen LogP contribution in [0.4, 0.5) is 0 Å². The Bertz CT molecular complexity index is 505. The standard InChI is InChI=1S/C9H10O6S/c1-6(10)15-8-2-3-9(11)7(4-8)5-16(12,13)14/h2-4,11H,5H2,1H3,(H,12,13,14). The van der Waals surface area contributed by atoms with Gasteiger partial charge < -0.3 is 9.84 Å². The van der Waals surface area contributed by atoms with E-state index in [-0.39, 0.29) is 17.1 Å². The highest BCUT2D eigenvalue weighted by atomic mass is 32.2. The monoisotopic (exact) mass is 246 g/mol. The van der Waals surface area contributed by atoms with E-state index < -0.39 is 21.8 Å². The Hall–Kier alpha value is -1.60. The largest absolute Gasteiger partial charge is 0.508 e. The van der Waals surface area contributed by atoms with Crippen LogP contribution in [0.1, 0.15) is 12.5 Å². The SMILES string of the molecule is CC(=O)Oc1ccc(O)c(CS(=O)(=O)O)c1. The lowest BCUT2D eigenvalue weighted by atomic mass is 10.2. The molecule has 0 aliphatic heterocycles. The zero-order chi connectivity index (χ0) is 12.3. The van der Waals surface area contributed by atoms with Crippen molar-refractivity contribution in [1.29, 1.82) is 0 Å². The van der Waals surface area contributed by atoms with Gasteiger partial charge in [-0.1, -0.05) is 0 Å². The molecule has 0 unspecified atom stereocenters. The number of rotatable bonds is 3. The number of carbonyl (C=O) groups is 1. The van der Waals surface area contributed by atoms with Crippen molar-refractivity contribution in [3.63, 3.8) is 0 Å². The molecule has 0 atom stereocenters. The zero-order valence-electron chi connectivity index (χ0n) is 8.37. The van der Waals surface area contributed by atoms with Crippen molar-refractivity contribution >= 4 is 16.1 Å². The molecule has 0 aliphatic rings. The minimum Gasteiger partial charge on any atom is -0.508 e. The highest BCUT2D eigenvalue weighted by Gasteiger charge is 2.12. The molecule has 0 fully saturated rings. The minimum absolute atomic E-state index is 0.0405. The van der Waals surface area contributed by atoms with Gasteiger partial charge >= 0.3 is 5.97 Å². The number of ether oxygens (including phenoxy) is 1. The fraction of sp³-hybridized carbons (Fsp3) is 0.222. The Labute approximate surface area is 92.2 Å². The summed E-state index contributed by atoms with van der Waals surface area (Å²) < 4.78 is 34.6. The van der Waals surface area contributed by atoms with Gasteiger partial charge in [0.15, 0.2) is 0 Å². The molecule has 6 nitrogen and oxygen atoms in total. The molecule has 0 heterocycles. The van der Waals surface area contributed by atoms with Crippen LogP contribution in [0, 0.1) is 0 Å². The second-order valence-electron chi connectivity index (χ2n) is 3.11. The average Bonchev–Trinajstić information content (AvgIpc) is 2.07. The van der Waals surface area contributed by atoms with Crippen molar-refractivity contribution < 1.29 is 27.6 Å². The first-order valence-corrected chi connectivity index (χ1v) is 5.84. The van der Waals surface area contributed by atoms with Crippen molar-refractivity contribution in [1.82, 2.24) is 0 Å². The third-order valence-electron chi connectivity index (χ3n) is 1.65. The van der Waals surface area contributed by atoms with Crippen LogP contribution in [0.25, 0.3) is 0 Å². The molecule has 0 aliphatic carbocycles. The van der Waals surface area contributed by atoms with Gasteiger partial charge in [-0.05, 0) is 18.2 Å². The maximum atomic E-state index is 10.6. The van der Waals surface area contributed by atoms with Gasteiger partial charge in [0.2, 0.25) is 0 Å². The number of phenols is 1. The van der Waals surface area contributed by atoms with Gasteiger partial charge in [-0.3, -0.25) is 9.35 Å². The smallest absolute Gasteiger partial charge is 0.308 e. The topological polar surface area (TPSA) is 101 Å². The molecule has 0 radical (unpaired) electrons. The van der Waals surface area contributed by atoms with E-state index in [2.05, 4.69) is 0 Å². The molecule has 0 aromatic heterocycles. The van der Waals surface area contributed by atoms with Gasteiger partial charge in [0.1, 0.15) is 17.3 Å². The van der Waals surface area contributed by atoms with Crippen LogP contribution in [0.15, 0.2) is 18.2 Å². The van der Waals surface area contributed by atoms with Gasteiger partial charge in [-0.15, -0.1) is 0 Å². The number of phenolic OH excluding ortho intramolecular Hbond substituents is 1. The molecule has 0 spiro atoms. The normalized spacial score (nSPS) is 11.1. The number of aromatic hydroxyl groups is 1. The fourth-order valence-electron chi connectivity index (χ4n) is 1.10. The fourth-order valence-corrected chi connectivity index (χ4v) is 1.73. The molecule has 0 saturated heterocycles. The van der Waals surface area contributed by atoms with Crippen molar-refractivity contribution in [3.05, 3.63) is 23.8 Å². The van der Waals surface area contributed by atoms with Crippen LogP contribution >= 0.6 is 0 Å². The van der Waals surface area contributed by atoms with E-state index in [1.165, 1.54) is 25.1 Å². The summed E-state index contributed by atoms with van der Waals surface area (Å²) in [7, 11) is -4.25. The van der Waals surface area contributed by atoms with E-state index >= 15 is 0 Å². The zero-order valence-corrected chi connectivity index (χ0v) is 9.19. The lowest BCUT2D eigenvalue weighted by Gasteiger charge is -2.06. The summed E-state index contributed by atoms with van der Waals surface area (Å²) in [6, 6.07) is 3.66. The molecule has 7 heteroatoms. The van der Waals surface area contributed by atoms with Gasteiger partial charge in [0, 0.05) is 12.5 Å². The predicted molar refractivity (Wildman–Crippen MR) is 54.7 cm³/mol. The van der Waals surface area contributed by atoms with Crippen LogP contribution in [-0.4, -0.2) is 24.0 Å². The average molecular weight is 246 g/mol. The van der Waals surface area contributed by atoms with Gasteiger partial charge in [0.05, 0.1) is 0 Å². The Balaban J connectivity index is 3.04. The molecule has 2 N–H and O–H groups in total. The van der Waals surface area contributed by atoms with E-state index in [4.69, 9.17) is 9.29 Å². The molecule has 1 rings (SSSR count). The summed E-state index contributed by atoms with van der Waals surface area (Å²) in [4.78, 5) is 10.6. The van der Waals surface area contributed by atoms with Crippen molar-refractivity contribution in [2.24, 2.45) is 0 Å². The lowest BCUT2D eigenvalue weighted by molar-refractivity contribution is -0.131. The molecular formula is C9H10O6S. The minimum atomic E-state index is -4.25. The Morgan fingerprint density at radius 3 is 2.56 bits per heavy atom. The Morgan fingerprint density at radius 1 is 1.44 bits per heavy atom. The number of carbonyl (C=O) groups excluding carboxylic acids is 1. The second-order valence-corrected chi connectivity index (χ2v) is 4.56. The first-order valence-electron chi connectivity index (χ1n) is 4.23. The molecule has 16 heavy (non-hydrogen) atoms. The van der Waals surface area contributed by atoms with Gasteiger partial charge in [0.25, 0.3) is 10.1 Å². The summed E-state index contributed by atoms with van der Waals surface area (Å²) in [5.41, 5.74) is -0.0405. The molecule has 0 bridgehead atoms. The number of hydrogen-bond acceptors (Lipinski definition) is 5. The van der Waals surface area contributed by atoms with Crippen LogP contribution in [0.3, 0.4) is 0 Å². The third kappa shape index (κ3) is 3.87. The van der Waals surface area contributed by atoms with E-state index in [9.17, 15) is 18.3 Å². The first kappa shape index (κ1) is 12.5. The summed E-state index contributed by atoms with van der Waals surface area (Å²) in [5, 5.41) is 9.32. The molecule has 88 valence electrons. The summed E-state index contributed by atoms with van der Waals surface area (Å²) in [6.45, 7) is 1.19. The first-order chi connectivity index (χ1) is 7.28. The van der Waals surface area contributed by atoms with Crippen molar-refractivity contribution in [2.45, 2.75) is 12.7 Å². The van der Waals surface area contributed by atoms with Crippen LogP contribution in [0.2, 0.25) is 0 Å². The van der Waals surface area contributed by atoms with E-state index in [0.29, 0.717) is 0 Å². The molecule has 0 amide bonds. The maximum Gasteiger partial charge on any atom is 0.308 e. The molecule has 1 aromatic carbocycles. The molecule has 1 aromatic rings. The highest BCUT2D eigenvalue weighted by molar-refractivity contribution is 7.85. The quantitative estimate of drug-likeness (QED) is 0.462. The van der Waals surface area contributed by atoms with Crippen molar-refractivity contribution in [2.75, 3.05) is 0 Å². The maximum absolute atomic E-state index is 10.6. The lowest BCUT2D eigenvalue weighted by Crippen LogP contribution is -2.04. The number of hydrogen-bond donors (Lipinski definition) is 2. The third-order valence-corrected chi connectivity index (χ3v) is 2.33. The number of esters is 1. The van der Waals surface area contributed by atoms with E-state index in [1.54, 1.807) is 0 Å². The van der Waals surface area contributed by atoms with Crippen LogP contribution < -0.4 is 4.74 Å². The van der Waals surface area contributed by atoms with Gasteiger partial charge in [-0.2, -0.15) is 8.42 Å². The van der Waals surface area contributed by atoms with Crippen LogP contribution in [0.5, 0.6) is 11.5 Å². The van der Waals surface area contributed by atoms with E-state index in [0.717, 1.165) is 0 Å². The van der Waals surface area contributed by atoms with Crippen molar-refractivity contribution in [3.8, 4) is 11.5 Å². The predicted octanol–water partition coefficient (Wildman–Crippen LogP) is 0.705. The highest BCUT2D eigenvalue weighted by Crippen LogP contribution is 2.24. The second kappa shape index (κ2) is 4.50. The Morgan fingerprint density at radius 2 is 2.06 bits per heavy atom. The summed E-state index contributed by atoms with van der Waals surface area (Å²) >= 11 is 0. The number of benzene rings is 1. The van der Waals surface area contributed by atoms with Gasteiger partial charge in [-0.25, -0.2) is 0 Å². The molecule has 0 saturated carbocycles. The summed E-state index contributed by atoms with van der Waals surface area (Å²) in [5.74, 6) is -1.51. The van der Waals surface area contributed by atoms with Crippen LogP contribution in [-0.2, 0) is 20.7 Å². The Kier molecular flexibility index (Phi) is 3.51. The summed E-state index contributed by atoms with van der Waals surface area (Å²) in [6.07, 6.45) is 0. The van der Waals surface area contributed by atoms with E-state index in [1.807, 2.05) is 0 Å². The molecular weight excluding hydrogens is 236 g/mol.